The van der Waals surface area contributed by atoms with Gasteiger partial charge in [-0.3, -0.25) is 4.84 Å². The largest absolute Gasteiger partial charge is 0.393 e. The Hall–Kier alpha value is -0.940. The van der Waals surface area contributed by atoms with Crippen LogP contribution in [-0.2, 0) is 10.4 Å². The maximum absolute atomic E-state index is 10.1. The fourth-order valence-electron chi connectivity index (χ4n) is 3.62. The van der Waals surface area contributed by atoms with E-state index in [0.29, 0.717) is 12.8 Å². The Bertz CT molecular complexity index is 482. The summed E-state index contributed by atoms with van der Waals surface area (Å²) in [6, 6.07) is 9.78. The average Bonchev–Trinajstić information content (AvgIpc) is 2.42. The minimum atomic E-state index is -0.807. The first-order valence-electron chi connectivity index (χ1n) is 7.95. The standard InChI is InChI=1S/C18H29NO3/c1-16(2)11-15(21)12-17(3,4)19(16)22-18(5,13-20)14-9-7-6-8-10-14/h6-10,15,20-21H,11-13H2,1-5H3. The lowest BCUT2D eigenvalue weighted by molar-refractivity contribution is -0.349. The van der Waals surface area contributed by atoms with Gasteiger partial charge < -0.3 is 10.2 Å². The molecule has 0 spiro atoms. The molecule has 2 N–H and O–H groups in total. The molecule has 4 nitrogen and oxygen atoms in total. The molecule has 0 amide bonds. The van der Waals surface area contributed by atoms with Crippen molar-refractivity contribution in [3.05, 3.63) is 35.9 Å². The average molecular weight is 307 g/mol. The Labute approximate surface area is 133 Å². The summed E-state index contributed by atoms with van der Waals surface area (Å²) in [5.74, 6) is 0. The molecule has 0 saturated carbocycles. The van der Waals surface area contributed by atoms with Crippen LogP contribution in [-0.4, -0.2) is 39.1 Å². The second kappa shape index (κ2) is 5.93. The highest BCUT2D eigenvalue weighted by atomic mass is 16.7. The maximum Gasteiger partial charge on any atom is 0.135 e. The van der Waals surface area contributed by atoms with Crippen LogP contribution < -0.4 is 0 Å². The lowest BCUT2D eigenvalue weighted by Gasteiger charge is -2.55. The molecule has 0 aromatic heterocycles. The fraction of sp³-hybridized carbons (Fsp3) is 0.667. The SMILES string of the molecule is CC(CO)(ON1C(C)(C)CC(O)CC1(C)C)c1ccccc1. The van der Waals surface area contributed by atoms with E-state index in [1.54, 1.807) is 0 Å². The predicted octanol–water partition coefficient (Wildman–Crippen LogP) is 2.84. The molecule has 0 radical (unpaired) electrons. The van der Waals surface area contributed by atoms with Crippen molar-refractivity contribution in [2.24, 2.45) is 0 Å². The molecule has 0 aliphatic carbocycles. The quantitative estimate of drug-likeness (QED) is 0.898. The van der Waals surface area contributed by atoms with E-state index < -0.39 is 5.60 Å². The molecule has 1 fully saturated rings. The highest BCUT2D eigenvalue weighted by Crippen LogP contribution is 2.42. The summed E-state index contributed by atoms with van der Waals surface area (Å²) in [5.41, 5.74) is -0.494. The van der Waals surface area contributed by atoms with E-state index in [-0.39, 0.29) is 23.8 Å². The van der Waals surface area contributed by atoms with Gasteiger partial charge in [-0.2, -0.15) is 5.06 Å². The molecule has 124 valence electrons. The van der Waals surface area contributed by atoms with Gasteiger partial charge in [0.05, 0.1) is 12.7 Å². The Morgan fingerprint density at radius 3 is 2.09 bits per heavy atom. The zero-order valence-corrected chi connectivity index (χ0v) is 14.3. The summed E-state index contributed by atoms with van der Waals surface area (Å²) in [7, 11) is 0. The molecule has 1 heterocycles. The molecule has 2 rings (SSSR count). The van der Waals surface area contributed by atoms with Crippen LogP contribution in [0.15, 0.2) is 30.3 Å². The minimum Gasteiger partial charge on any atom is -0.393 e. The van der Waals surface area contributed by atoms with Crippen molar-refractivity contribution in [2.45, 2.75) is 70.2 Å². The highest BCUT2D eigenvalue weighted by Gasteiger charge is 2.49. The molecule has 1 aliphatic rings. The third kappa shape index (κ3) is 3.35. The minimum absolute atomic E-state index is 0.109. The van der Waals surface area contributed by atoms with E-state index in [4.69, 9.17) is 4.84 Å². The Kier molecular flexibility index (Phi) is 4.69. The lowest BCUT2D eigenvalue weighted by atomic mass is 9.80. The van der Waals surface area contributed by atoms with Gasteiger partial charge in [0.2, 0.25) is 0 Å². The molecule has 0 bridgehead atoms. The van der Waals surface area contributed by atoms with Gasteiger partial charge in [0.25, 0.3) is 0 Å². The Morgan fingerprint density at radius 1 is 1.14 bits per heavy atom. The zero-order valence-electron chi connectivity index (χ0n) is 14.3. The monoisotopic (exact) mass is 307 g/mol. The van der Waals surface area contributed by atoms with Gasteiger partial charge in [-0.1, -0.05) is 30.3 Å². The molecular weight excluding hydrogens is 278 g/mol. The normalized spacial score (nSPS) is 24.9. The van der Waals surface area contributed by atoms with Crippen LogP contribution in [0, 0.1) is 0 Å². The molecule has 1 aromatic carbocycles. The summed E-state index contributed by atoms with van der Waals surface area (Å²) in [4.78, 5) is 6.37. The smallest absolute Gasteiger partial charge is 0.135 e. The summed E-state index contributed by atoms with van der Waals surface area (Å²) in [6.45, 7) is 10.1. The molecule has 1 atom stereocenters. The Morgan fingerprint density at radius 2 is 1.64 bits per heavy atom. The lowest BCUT2D eigenvalue weighted by Crippen LogP contribution is -2.63. The first-order chi connectivity index (χ1) is 10.1. The van der Waals surface area contributed by atoms with E-state index in [2.05, 4.69) is 27.7 Å². The van der Waals surface area contributed by atoms with Crippen LogP contribution in [0.4, 0.5) is 0 Å². The number of aliphatic hydroxyl groups is 2. The van der Waals surface area contributed by atoms with Gasteiger partial charge in [0.15, 0.2) is 0 Å². The maximum atomic E-state index is 10.1. The number of piperidine rings is 1. The highest BCUT2D eigenvalue weighted by molar-refractivity contribution is 5.22. The molecule has 1 aromatic rings. The molecule has 1 unspecified atom stereocenters. The van der Waals surface area contributed by atoms with Crippen molar-refractivity contribution < 1.29 is 15.1 Å². The fourth-order valence-corrected chi connectivity index (χ4v) is 3.62. The van der Waals surface area contributed by atoms with Crippen molar-refractivity contribution in [3.8, 4) is 0 Å². The van der Waals surface area contributed by atoms with Gasteiger partial charge in [-0.15, -0.1) is 0 Å². The van der Waals surface area contributed by atoms with Gasteiger partial charge in [-0.25, -0.2) is 0 Å². The van der Waals surface area contributed by atoms with Crippen LogP contribution in [0.5, 0.6) is 0 Å². The first-order valence-corrected chi connectivity index (χ1v) is 7.95. The summed E-state index contributed by atoms with van der Waals surface area (Å²) in [5, 5.41) is 22.1. The van der Waals surface area contributed by atoms with E-state index in [0.717, 1.165) is 5.56 Å². The van der Waals surface area contributed by atoms with Crippen molar-refractivity contribution in [1.29, 1.82) is 0 Å². The third-order valence-electron chi connectivity index (χ3n) is 4.55. The van der Waals surface area contributed by atoms with E-state index >= 15 is 0 Å². The van der Waals surface area contributed by atoms with Gasteiger partial charge in [-0.05, 0) is 53.0 Å². The van der Waals surface area contributed by atoms with Crippen molar-refractivity contribution >= 4 is 0 Å². The van der Waals surface area contributed by atoms with Crippen LogP contribution in [0.2, 0.25) is 0 Å². The van der Waals surface area contributed by atoms with Crippen molar-refractivity contribution in [1.82, 2.24) is 5.06 Å². The van der Waals surface area contributed by atoms with Gasteiger partial charge in [0, 0.05) is 11.1 Å². The number of nitrogens with zero attached hydrogens (tertiary/aromatic N) is 1. The summed E-state index contributed by atoms with van der Waals surface area (Å²) < 4.78 is 0. The summed E-state index contributed by atoms with van der Waals surface area (Å²) >= 11 is 0. The number of hydroxylamine groups is 2. The molecule has 1 saturated heterocycles. The van der Waals surface area contributed by atoms with Crippen molar-refractivity contribution in [3.63, 3.8) is 0 Å². The van der Waals surface area contributed by atoms with E-state index in [1.807, 2.05) is 42.3 Å². The number of aliphatic hydroxyl groups excluding tert-OH is 2. The molecule has 22 heavy (non-hydrogen) atoms. The number of hydrogen-bond acceptors (Lipinski definition) is 4. The topological polar surface area (TPSA) is 52.9 Å². The summed E-state index contributed by atoms with van der Waals surface area (Å²) in [6.07, 6.45) is 0.960. The predicted molar refractivity (Wildman–Crippen MR) is 87.2 cm³/mol. The zero-order chi connectivity index (χ0) is 16.6. The molecule has 1 aliphatic heterocycles. The van der Waals surface area contributed by atoms with Crippen LogP contribution in [0.1, 0.15) is 53.0 Å². The second-order valence-electron chi connectivity index (χ2n) is 7.83. The van der Waals surface area contributed by atoms with Gasteiger partial charge in [0.1, 0.15) is 5.60 Å². The number of hydrogen-bond donors (Lipinski definition) is 2. The van der Waals surface area contributed by atoms with Crippen LogP contribution in [0.25, 0.3) is 0 Å². The third-order valence-corrected chi connectivity index (χ3v) is 4.55. The van der Waals surface area contributed by atoms with Crippen LogP contribution >= 0.6 is 0 Å². The van der Waals surface area contributed by atoms with Crippen molar-refractivity contribution in [2.75, 3.05) is 6.61 Å². The number of benzene rings is 1. The molecular formula is C18H29NO3. The molecule has 4 heteroatoms. The second-order valence-corrected chi connectivity index (χ2v) is 7.83. The van der Waals surface area contributed by atoms with E-state index in [9.17, 15) is 10.2 Å². The Balaban J connectivity index is 2.33. The van der Waals surface area contributed by atoms with Crippen LogP contribution in [0.3, 0.4) is 0 Å². The van der Waals surface area contributed by atoms with Gasteiger partial charge >= 0.3 is 0 Å². The number of rotatable bonds is 4. The first kappa shape index (κ1) is 17.4. The van der Waals surface area contributed by atoms with E-state index in [1.165, 1.54) is 0 Å².